The van der Waals surface area contributed by atoms with Crippen molar-refractivity contribution in [2.45, 2.75) is 57.2 Å². The Morgan fingerprint density at radius 2 is 1.32 bits per heavy atom. The van der Waals surface area contributed by atoms with Crippen LogP contribution in [0.2, 0.25) is 0 Å². The van der Waals surface area contributed by atoms with Crippen LogP contribution in [0.4, 0.5) is 4.79 Å². The van der Waals surface area contributed by atoms with Crippen molar-refractivity contribution in [1.29, 1.82) is 0 Å². The Balaban J connectivity index is 1.38. The average Bonchev–Trinajstić information content (AvgIpc) is 3.65. The highest BCUT2D eigenvalue weighted by atomic mass is 32.1. The predicted octanol–water partition coefficient (Wildman–Crippen LogP) is 5.58. The fraction of sp³-hybridized carbons (Fsp3) is 0.310. The number of benzene rings is 2. The molecular weight excluding hydrogens is 516 g/mol. The van der Waals surface area contributed by atoms with E-state index in [4.69, 9.17) is 4.74 Å². The van der Waals surface area contributed by atoms with Gasteiger partial charge in [-0.05, 0) is 43.2 Å². The van der Waals surface area contributed by atoms with Gasteiger partial charge in [0.25, 0.3) is 0 Å². The van der Waals surface area contributed by atoms with Crippen molar-refractivity contribution in [3.8, 4) is 0 Å². The molecule has 198 valence electrons. The molecule has 4 rings (SSSR count). The van der Waals surface area contributed by atoms with Gasteiger partial charge >= 0.3 is 6.09 Å². The lowest BCUT2D eigenvalue weighted by Crippen LogP contribution is -2.41. The van der Waals surface area contributed by atoms with Crippen molar-refractivity contribution >= 4 is 34.7 Å². The molecule has 0 saturated heterocycles. The van der Waals surface area contributed by atoms with Crippen LogP contribution in [-0.2, 0) is 35.4 Å². The molecule has 0 aliphatic heterocycles. The number of alkyl carbamates (subject to hydrolysis) is 1. The first-order valence-electron chi connectivity index (χ1n) is 12.7. The van der Waals surface area contributed by atoms with Crippen LogP contribution in [0, 0.1) is 0 Å². The molecule has 0 aliphatic carbocycles. The quantitative estimate of drug-likeness (QED) is 0.215. The summed E-state index contributed by atoms with van der Waals surface area (Å²) in [6, 6.07) is 20.1. The van der Waals surface area contributed by atoms with E-state index in [1.807, 2.05) is 42.6 Å². The topological polar surface area (TPSA) is 93.2 Å². The molecule has 2 amide bonds. The minimum Gasteiger partial charge on any atom is -0.444 e. The number of aromatic nitrogens is 2. The van der Waals surface area contributed by atoms with Gasteiger partial charge in [0.15, 0.2) is 0 Å². The summed E-state index contributed by atoms with van der Waals surface area (Å²) in [4.78, 5) is 35.6. The van der Waals surface area contributed by atoms with Crippen LogP contribution in [0.15, 0.2) is 84.1 Å². The van der Waals surface area contributed by atoms with Crippen molar-refractivity contribution in [3.63, 3.8) is 0 Å². The standard InChI is InChI=1S/C29H32N4O3S2/c34-28(14-13-26-17-30-20-37-26)32-24(15-22-7-3-1-4-8-22)11-12-25(16-23-9-5-2-6-10-23)33-29(35)36-19-27-18-31-21-38-27/h1-10,17-18,20-21,24-25H,11-16,19H2,(H,32,34)(H,33,35)/t24-,25+/m0/s1. The second-order valence-electron chi connectivity index (χ2n) is 9.07. The Labute approximate surface area is 231 Å². The van der Waals surface area contributed by atoms with Crippen LogP contribution in [0.1, 0.15) is 40.1 Å². The minimum atomic E-state index is -0.451. The molecule has 2 N–H and O–H groups in total. The summed E-state index contributed by atoms with van der Waals surface area (Å²) in [6.45, 7) is 0.195. The van der Waals surface area contributed by atoms with Crippen molar-refractivity contribution in [1.82, 2.24) is 20.6 Å². The molecule has 9 heteroatoms. The summed E-state index contributed by atoms with van der Waals surface area (Å²) in [5.41, 5.74) is 5.80. The molecule has 2 heterocycles. The van der Waals surface area contributed by atoms with E-state index in [1.165, 1.54) is 11.3 Å². The van der Waals surface area contributed by atoms with E-state index in [-0.39, 0.29) is 24.6 Å². The number of hydrogen-bond donors (Lipinski definition) is 2. The van der Waals surface area contributed by atoms with Gasteiger partial charge in [0, 0.05) is 35.8 Å². The second-order valence-corrected chi connectivity index (χ2v) is 11.0. The van der Waals surface area contributed by atoms with E-state index in [2.05, 4.69) is 44.9 Å². The smallest absolute Gasteiger partial charge is 0.407 e. The lowest BCUT2D eigenvalue weighted by molar-refractivity contribution is -0.121. The lowest BCUT2D eigenvalue weighted by Gasteiger charge is -2.24. The van der Waals surface area contributed by atoms with Crippen molar-refractivity contribution in [2.24, 2.45) is 0 Å². The Morgan fingerprint density at radius 1 is 0.763 bits per heavy atom. The maximum absolute atomic E-state index is 12.8. The molecule has 0 radical (unpaired) electrons. The summed E-state index contributed by atoms with van der Waals surface area (Å²) in [6.07, 6.45) is 6.97. The predicted molar refractivity (Wildman–Crippen MR) is 151 cm³/mol. The van der Waals surface area contributed by atoms with Crippen molar-refractivity contribution in [2.75, 3.05) is 0 Å². The molecule has 0 aliphatic rings. The van der Waals surface area contributed by atoms with E-state index in [9.17, 15) is 9.59 Å². The zero-order valence-electron chi connectivity index (χ0n) is 21.1. The summed E-state index contributed by atoms with van der Waals surface area (Å²) in [5.74, 6) is 0.0240. The highest BCUT2D eigenvalue weighted by Gasteiger charge is 2.19. The molecule has 0 bridgehead atoms. The van der Waals surface area contributed by atoms with Gasteiger partial charge < -0.3 is 15.4 Å². The fourth-order valence-electron chi connectivity index (χ4n) is 4.21. The van der Waals surface area contributed by atoms with E-state index in [1.54, 1.807) is 28.6 Å². The normalized spacial score (nSPS) is 12.4. The third kappa shape index (κ3) is 9.72. The van der Waals surface area contributed by atoms with E-state index in [0.717, 1.165) is 27.3 Å². The minimum absolute atomic E-state index is 0.0240. The van der Waals surface area contributed by atoms with Crippen LogP contribution in [0.25, 0.3) is 0 Å². The van der Waals surface area contributed by atoms with Crippen LogP contribution in [0.3, 0.4) is 0 Å². The number of nitrogens with one attached hydrogen (secondary N) is 2. The number of ether oxygens (including phenoxy) is 1. The van der Waals surface area contributed by atoms with Gasteiger partial charge in [-0.15, -0.1) is 22.7 Å². The number of aryl methyl sites for hydroxylation is 1. The first-order chi connectivity index (χ1) is 18.6. The van der Waals surface area contributed by atoms with Crippen LogP contribution in [0.5, 0.6) is 0 Å². The molecule has 0 fully saturated rings. The molecule has 4 aromatic rings. The van der Waals surface area contributed by atoms with Crippen molar-refractivity contribution in [3.05, 3.63) is 105 Å². The SMILES string of the molecule is O=C(CCc1cncs1)N[C@@H](CC[C@H](Cc1ccccc1)NC(=O)OCc1cncs1)Cc1ccccc1. The van der Waals surface area contributed by atoms with Crippen LogP contribution >= 0.6 is 22.7 Å². The van der Waals surface area contributed by atoms with Crippen LogP contribution in [-0.4, -0.2) is 34.1 Å². The number of nitrogens with zero attached hydrogens (tertiary/aromatic N) is 2. The van der Waals surface area contributed by atoms with Gasteiger partial charge in [0.05, 0.1) is 15.9 Å². The lowest BCUT2D eigenvalue weighted by atomic mass is 9.96. The Hall–Kier alpha value is -3.56. The highest BCUT2D eigenvalue weighted by molar-refractivity contribution is 7.09. The van der Waals surface area contributed by atoms with Crippen LogP contribution < -0.4 is 10.6 Å². The third-order valence-corrected chi connectivity index (χ3v) is 7.70. The van der Waals surface area contributed by atoms with E-state index >= 15 is 0 Å². The highest BCUT2D eigenvalue weighted by Crippen LogP contribution is 2.15. The van der Waals surface area contributed by atoms with Gasteiger partial charge in [-0.3, -0.25) is 14.8 Å². The maximum Gasteiger partial charge on any atom is 0.407 e. The van der Waals surface area contributed by atoms with Gasteiger partial charge in [0.1, 0.15) is 6.61 Å². The zero-order valence-corrected chi connectivity index (χ0v) is 22.8. The molecule has 2 aromatic heterocycles. The van der Waals surface area contributed by atoms with Gasteiger partial charge in [-0.25, -0.2) is 4.79 Å². The number of carbonyl (C=O) groups excluding carboxylic acids is 2. The number of thiazole rings is 2. The monoisotopic (exact) mass is 548 g/mol. The molecule has 2 aromatic carbocycles. The Kier molecular flexibility index (Phi) is 10.8. The molecule has 38 heavy (non-hydrogen) atoms. The summed E-state index contributed by atoms with van der Waals surface area (Å²) < 4.78 is 5.44. The van der Waals surface area contributed by atoms with Gasteiger partial charge in [-0.1, -0.05) is 60.7 Å². The number of rotatable bonds is 14. The Bertz CT molecular complexity index is 1120. The fourth-order valence-corrected chi connectivity index (χ4v) is 5.32. The zero-order chi connectivity index (χ0) is 26.4. The molecule has 2 atom stereocenters. The molecule has 0 saturated carbocycles. The number of hydrogen-bond acceptors (Lipinski definition) is 7. The second kappa shape index (κ2) is 15.0. The molecule has 0 spiro atoms. The number of carbonyl (C=O) groups is 2. The average molecular weight is 549 g/mol. The molecule has 7 nitrogen and oxygen atoms in total. The third-order valence-electron chi connectivity index (χ3n) is 6.11. The van der Waals surface area contributed by atoms with E-state index in [0.29, 0.717) is 32.1 Å². The van der Waals surface area contributed by atoms with Crippen molar-refractivity contribution < 1.29 is 14.3 Å². The number of amides is 2. The largest absolute Gasteiger partial charge is 0.444 e. The summed E-state index contributed by atoms with van der Waals surface area (Å²) in [7, 11) is 0. The first-order valence-corrected chi connectivity index (χ1v) is 14.4. The maximum atomic E-state index is 12.8. The first kappa shape index (κ1) is 27.5. The Morgan fingerprint density at radius 3 is 1.87 bits per heavy atom. The van der Waals surface area contributed by atoms with Gasteiger partial charge in [0.2, 0.25) is 5.91 Å². The summed E-state index contributed by atoms with van der Waals surface area (Å²) >= 11 is 3.02. The van der Waals surface area contributed by atoms with E-state index < -0.39 is 6.09 Å². The molecular formula is C29H32N4O3S2. The van der Waals surface area contributed by atoms with Gasteiger partial charge in [-0.2, -0.15) is 0 Å². The molecule has 0 unspecified atom stereocenters. The summed E-state index contributed by atoms with van der Waals surface area (Å²) in [5, 5.41) is 6.29.